The Bertz CT molecular complexity index is 1110. The van der Waals surface area contributed by atoms with Crippen molar-refractivity contribution in [2.75, 3.05) is 33.0 Å². The average molecular weight is 526 g/mol. The topological polar surface area (TPSA) is 67.4 Å². The Labute approximate surface area is 226 Å². The predicted octanol–water partition coefficient (Wildman–Crippen LogP) is 0.165. The van der Waals surface area contributed by atoms with Crippen LogP contribution in [0.2, 0.25) is 0 Å². The minimum atomic E-state index is -0.208. The van der Waals surface area contributed by atoms with Crippen molar-refractivity contribution < 1.29 is 32.0 Å². The van der Waals surface area contributed by atoms with Gasteiger partial charge in [0.15, 0.2) is 11.5 Å². The molecule has 0 unspecified atom stereocenters. The average Bonchev–Trinajstić information content (AvgIpc) is 3.58. The smallest absolute Gasteiger partial charge is 0.232 e. The zero-order valence-electron chi connectivity index (χ0n) is 22.0. The van der Waals surface area contributed by atoms with E-state index in [4.69, 9.17) is 9.47 Å². The molecule has 4 heterocycles. The van der Waals surface area contributed by atoms with E-state index in [-0.39, 0.29) is 30.5 Å². The summed E-state index contributed by atoms with van der Waals surface area (Å²) in [7, 11) is 0. The number of quaternary nitrogens is 1. The lowest BCUT2D eigenvalue weighted by atomic mass is 9.67. The Balaban J connectivity index is 0.00000280. The number of fused-ring (bicyclic) bond motifs is 4. The van der Waals surface area contributed by atoms with E-state index >= 15 is 0 Å². The molecule has 3 N–H and O–H groups in total. The van der Waals surface area contributed by atoms with Crippen molar-refractivity contribution in [3.05, 3.63) is 59.2 Å². The van der Waals surface area contributed by atoms with Crippen LogP contribution in [0.4, 0.5) is 0 Å². The lowest BCUT2D eigenvalue weighted by Crippen LogP contribution is -3.00. The maximum atomic E-state index is 14.5. The molecular formula is C30H40ClN3O3. The van der Waals surface area contributed by atoms with Gasteiger partial charge in [0.25, 0.3) is 0 Å². The Kier molecular flexibility index (Phi) is 7.71. The first-order valence-corrected chi connectivity index (χ1v) is 14.0. The quantitative estimate of drug-likeness (QED) is 0.584. The summed E-state index contributed by atoms with van der Waals surface area (Å²) >= 11 is 0. The molecular weight excluding hydrogens is 486 g/mol. The first-order valence-electron chi connectivity index (χ1n) is 14.0. The molecule has 0 aromatic heterocycles. The van der Waals surface area contributed by atoms with Gasteiger partial charge in [-0.2, -0.15) is 0 Å². The lowest BCUT2D eigenvalue weighted by Gasteiger charge is -2.46. The SMILES string of the molecule is CCC(CC)[C@@H]1C[C@H](c2ccccc2)CCN1C(=O)[C@@H]1C[NH2+]C[C@]12CNCc1c2ccc2c1OCO2.[Cl-]. The maximum Gasteiger partial charge on any atom is 0.232 e. The summed E-state index contributed by atoms with van der Waals surface area (Å²) in [4.78, 5) is 16.8. The third-order valence-corrected chi connectivity index (χ3v) is 9.59. The van der Waals surface area contributed by atoms with Gasteiger partial charge in [0, 0.05) is 31.2 Å². The molecule has 6 nitrogen and oxygen atoms in total. The molecule has 1 spiro atoms. The number of piperidine rings is 1. The number of likely N-dealkylation sites (tertiary alicyclic amines) is 1. The van der Waals surface area contributed by atoms with E-state index in [0.29, 0.717) is 23.8 Å². The number of hydrogen-bond acceptors (Lipinski definition) is 4. The molecule has 7 heteroatoms. The van der Waals surface area contributed by atoms with E-state index in [1.54, 1.807) is 0 Å². The normalized spacial score (nSPS) is 28.3. The second-order valence-corrected chi connectivity index (χ2v) is 11.2. The molecule has 2 aromatic rings. The van der Waals surface area contributed by atoms with E-state index in [1.807, 2.05) is 6.07 Å². The number of rotatable bonds is 5. The van der Waals surface area contributed by atoms with Gasteiger partial charge < -0.3 is 37.4 Å². The Hall–Kier alpha value is -2.28. The molecule has 4 atom stereocenters. The number of carbonyl (C=O) groups excluding carboxylic acids is 1. The Morgan fingerprint density at radius 3 is 2.76 bits per heavy atom. The maximum absolute atomic E-state index is 14.5. The lowest BCUT2D eigenvalue weighted by molar-refractivity contribution is -0.640. The highest BCUT2D eigenvalue weighted by molar-refractivity contribution is 5.82. The van der Waals surface area contributed by atoms with E-state index in [0.717, 1.165) is 69.9 Å². The largest absolute Gasteiger partial charge is 1.00 e. The van der Waals surface area contributed by atoms with Crippen LogP contribution in [-0.2, 0) is 16.8 Å². The molecule has 0 bridgehead atoms. The van der Waals surface area contributed by atoms with Gasteiger partial charge in [0.1, 0.15) is 5.92 Å². The summed E-state index contributed by atoms with van der Waals surface area (Å²) in [5.74, 6) is 3.09. The zero-order valence-corrected chi connectivity index (χ0v) is 22.8. The highest BCUT2D eigenvalue weighted by atomic mass is 35.5. The second-order valence-electron chi connectivity index (χ2n) is 11.2. The fraction of sp³-hybridized carbons (Fsp3) is 0.567. The molecule has 37 heavy (non-hydrogen) atoms. The predicted molar refractivity (Wildman–Crippen MR) is 139 cm³/mol. The number of carbonyl (C=O) groups is 1. The van der Waals surface area contributed by atoms with Crippen LogP contribution >= 0.6 is 0 Å². The van der Waals surface area contributed by atoms with Crippen molar-refractivity contribution in [3.63, 3.8) is 0 Å². The highest BCUT2D eigenvalue weighted by Crippen LogP contribution is 2.47. The Morgan fingerprint density at radius 1 is 1.16 bits per heavy atom. The van der Waals surface area contributed by atoms with Crippen LogP contribution in [0.3, 0.4) is 0 Å². The third kappa shape index (κ3) is 4.41. The first-order chi connectivity index (χ1) is 17.7. The standard InChI is InChI=1S/C30H39N3O3.ClH/c1-3-20(4-2)26-14-22(21-8-6-5-7-9-21)12-13-33(26)29(34)25-16-32-18-30(25)17-31-15-23-24(30)10-11-27-28(23)36-19-35-27;/h5-11,20,22,25-26,31-32H,3-4,12-19H2,1-2H3;1H/t22-,25+,26+,30+;/m1./s1. The molecule has 0 saturated carbocycles. The number of nitrogens with zero attached hydrogens (tertiary/aromatic N) is 1. The molecule has 2 aromatic carbocycles. The fourth-order valence-corrected chi connectivity index (χ4v) is 7.66. The van der Waals surface area contributed by atoms with Gasteiger partial charge in [-0.1, -0.05) is 63.1 Å². The summed E-state index contributed by atoms with van der Waals surface area (Å²) in [6, 6.07) is 15.5. The van der Waals surface area contributed by atoms with Gasteiger partial charge in [0.2, 0.25) is 12.7 Å². The van der Waals surface area contributed by atoms with Crippen molar-refractivity contribution in [2.45, 2.75) is 63.5 Å². The molecule has 2 saturated heterocycles. The van der Waals surface area contributed by atoms with Crippen LogP contribution in [0.5, 0.6) is 11.5 Å². The molecule has 1 amide bonds. The number of benzene rings is 2. The number of nitrogens with two attached hydrogens (primary N) is 1. The summed E-state index contributed by atoms with van der Waals surface area (Å²) in [6.45, 7) is 9.09. The van der Waals surface area contributed by atoms with E-state index in [2.05, 4.69) is 65.8 Å². The number of ether oxygens (including phenoxy) is 2. The van der Waals surface area contributed by atoms with Crippen molar-refractivity contribution >= 4 is 5.91 Å². The number of nitrogens with one attached hydrogen (secondary N) is 1. The zero-order chi connectivity index (χ0) is 24.7. The summed E-state index contributed by atoms with van der Waals surface area (Å²) < 4.78 is 11.5. The fourth-order valence-electron chi connectivity index (χ4n) is 7.66. The summed E-state index contributed by atoms with van der Waals surface area (Å²) in [5, 5.41) is 6.00. The van der Waals surface area contributed by atoms with Gasteiger partial charge in [-0.05, 0) is 41.9 Å². The van der Waals surface area contributed by atoms with Crippen LogP contribution in [0, 0.1) is 11.8 Å². The van der Waals surface area contributed by atoms with Crippen LogP contribution < -0.4 is 32.5 Å². The van der Waals surface area contributed by atoms with Gasteiger partial charge >= 0.3 is 0 Å². The van der Waals surface area contributed by atoms with Crippen molar-refractivity contribution in [2.24, 2.45) is 11.8 Å². The Morgan fingerprint density at radius 2 is 1.97 bits per heavy atom. The van der Waals surface area contributed by atoms with Crippen LogP contribution in [0.1, 0.15) is 62.1 Å². The first kappa shape index (κ1) is 26.3. The number of halogens is 1. The van der Waals surface area contributed by atoms with Crippen molar-refractivity contribution in [3.8, 4) is 11.5 Å². The van der Waals surface area contributed by atoms with Gasteiger partial charge in [0.05, 0.1) is 18.5 Å². The van der Waals surface area contributed by atoms with E-state index < -0.39 is 0 Å². The van der Waals surface area contributed by atoms with Gasteiger partial charge in [-0.25, -0.2) is 0 Å². The number of hydrogen-bond donors (Lipinski definition) is 2. The van der Waals surface area contributed by atoms with Crippen molar-refractivity contribution in [1.82, 2.24) is 10.2 Å². The van der Waals surface area contributed by atoms with Crippen LogP contribution in [0.15, 0.2) is 42.5 Å². The minimum Gasteiger partial charge on any atom is -1.00 e. The van der Waals surface area contributed by atoms with Gasteiger partial charge in [-0.3, -0.25) is 4.79 Å². The molecule has 0 radical (unpaired) electrons. The molecule has 4 aliphatic rings. The highest BCUT2D eigenvalue weighted by Gasteiger charge is 2.56. The molecule has 200 valence electrons. The number of amides is 1. The molecule has 2 fully saturated rings. The molecule has 6 rings (SSSR count). The summed E-state index contributed by atoms with van der Waals surface area (Å²) in [5.41, 5.74) is 3.69. The second kappa shape index (κ2) is 10.8. The summed E-state index contributed by atoms with van der Waals surface area (Å²) in [6.07, 6.45) is 4.34. The van der Waals surface area contributed by atoms with Crippen molar-refractivity contribution in [1.29, 1.82) is 0 Å². The van der Waals surface area contributed by atoms with Gasteiger partial charge in [-0.15, -0.1) is 0 Å². The monoisotopic (exact) mass is 525 g/mol. The molecule has 0 aliphatic carbocycles. The van der Waals surface area contributed by atoms with Crippen LogP contribution in [-0.4, -0.2) is 49.8 Å². The van der Waals surface area contributed by atoms with E-state index in [1.165, 1.54) is 16.7 Å². The minimum absolute atomic E-state index is 0. The van der Waals surface area contributed by atoms with E-state index in [9.17, 15) is 4.79 Å². The molecule has 4 aliphatic heterocycles. The third-order valence-electron chi connectivity index (χ3n) is 9.59. The van der Waals surface area contributed by atoms with Crippen LogP contribution in [0.25, 0.3) is 0 Å².